The van der Waals surface area contributed by atoms with Gasteiger partial charge in [-0.25, -0.2) is 9.59 Å². The van der Waals surface area contributed by atoms with Crippen LogP contribution in [0.1, 0.15) is 32.4 Å². The highest BCUT2D eigenvalue weighted by Gasteiger charge is 2.33. The number of hydrogen-bond acceptors (Lipinski definition) is 5. The minimum Gasteiger partial charge on any atom is -0.504 e. The summed E-state index contributed by atoms with van der Waals surface area (Å²) in [6.07, 6.45) is 0. The molecule has 2 rings (SSSR count). The van der Waals surface area contributed by atoms with Gasteiger partial charge in [0.15, 0.2) is 11.5 Å². The molecule has 130 valence electrons. The number of benzene rings is 1. The lowest BCUT2D eigenvalue weighted by atomic mass is 9.95. The van der Waals surface area contributed by atoms with E-state index in [9.17, 15) is 14.7 Å². The number of nitrogens with one attached hydrogen (secondary N) is 2. The van der Waals surface area contributed by atoms with Crippen LogP contribution >= 0.6 is 15.9 Å². The number of amides is 2. The average molecular weight is 399 g/mol. The van der Waals surface area contributed by atoms with Crippen LogP contribution in [0.3, 0.4) is 0 Å². The number of ether oxygens (including phenoxy) is 2. The lowest BCUT2D eigenvalue weighted by molar-refractivity contribution is -0.139. The highest BCUT2D eigenvalue weighted by Crippen LogP contribution is 2.39. The molecule has 1 aliphatic heterocycles. The van der Waals surface area contributed by atoms with Crippen LogP contribution in [0.5, 0.6) is 11.5 Å². The minimum atomic E-state index is -0.730. The van der Waals surface area contributed by atoms with Gasteiger partial charge in [-0.2, -0.15) is 0 Å². The van der Waals surface area contributed by atoms with Gasteiger partial charge in [0.25, 0.3) is 0 Å². The SMILES string of the molecule is CCOC(=O)C1=C(C)NC(=O)NC1c1cc(OCC)c(O)cc1Br. The summed E-state index contributed by atoms with van der Waals surface area (Å²) in [5.41, 5.74) is 1.29. The Morgan fingerprint density at radius 2 is 2.04 bits per heavy atom. The zero-order chi connectivity index (χ0) is 17.9. The first-order chi connectivity index (χ1) is 11.4. The van der Waals surface area contributed by atoms with Gasteiger partial charge in [0.05, 0.1) is 24.8 Å². The maximum atomic E-state index is 12.3. The van der Waals surface area contributed by atoms with Crippen molar-refractivity contribution in [2.75, 3.05) is 13.2 Å². The van der Waals surface area contributed by atoms with Crippen molar-refractivity contribution in [1.82, 2.24) is 10.6 Å². The number of hydrogen-bond donors (Lipinski definition) is 3. The Morgan fingerprint density at radius 1 is 1.33 bits per heavy atom. The maximum absolute atomic E-state index is 12.3. The first-order valence-electron chi connectivity index (χ1n) is 7.49. The molecule has 2 amide bonds. The second-order valence-corrected chi connectivity index (χ2v) is 5.92. The topological polar surface area (TPSA) is 96.9 Å². The number of phenols is 1. The largest absolute Gasteiger partial charge is 0.504 e. The molecular formula is C16H19BrN2O5. The fourth-order valence-electron chi connectivity index (χ4n) is 2.46. The number of urea groups is 1. The van der Waals surface area contributed by atoms with Crippen LogP contribution in [-0.2, 0) is 9.53 Å². The quantitative estimate of drug-likeness (QED) is 0.662. The first-order valence-corrected chi connectivity index (χ1v) is 8.28. The van der Waals surface area contributed by atoms with E-state index < -0.39 is 18.0 Å². The lowest BCUT2D eigenvalue weighted by Gasteiger charge is -2.29. The molecular weight excluding hydrogens is 380 g/mol. The van der Waals surface area contributed by atoms with Crippen LogP contribution in [-0.4, -0.2) is 30.3 Å². The Labute approximate surface area is 148 Å². The third-order valence-electron chi connectivity index (χ3n) is 3.45. The van der Waals surface area contributed by atoms with Gasteiger partial charge in [0.2, 0.25) is 0 Å². The zero-order valence-electron chi connectivity index (χ0n) is 13.6. The third-order valence-corrected chi connectivity index (χ3v) is 4.14. The Hall–Kier alpha value is -2.22. The van der Waals surface area contributed by atoms with Gasteiger partial charge in [-0.05, 0) is 38.5 Å². The molecule has 0 radical (unpaired) electrons. The van der Waals surface area contributed by atoms with E-state index in [0.29, 0.717) is 27.9 Å². The van der Waals surface area contributed by atoms with E-state index in [-0.39, 0.29) is 18.1 Å². The van der Waals surface area contributed by atoms with E-state index in [1.54, 1.807) is 26.8 Å². The van der Waals surface area contributed by atoms with E-state index in [2.05, 4.69) is 26.6 Å². The predicted octanol–water partition coefficient (Wildman–Crippen LogP) is 2.74. The summed E-state index contributed by atoms with van der Waals surface area (Å²) in [7, 11) is 0. The number of carbonyl (C=O) groups is 2. The molecule has 1 aromatic carbocycles. The number of carbonyl (C=O) groups excluding carboxylic acids is 2. The van der Waals surface area contributed by atoms with Crippen molar-refractivity contribution in [3.8, 4) is 11.5 Å². The Balaban J connectivity index is 2.55. The Morgan fingerprint density at radius 3 is 2.67 bits per heavy atom. The highest BCUT2D eigenvalue weighted by molar-refractivity contribution is 9.10. The first kappa shape index (κ1) is 18.1. The molecule has 3 N–H and O–H groups in total. The van der Waals surface area contributed by atoms with Crippen molar-refractivity contribution in [2.45, 2.75) is 26.8 Å². The molecule has 1 heterocycles. The van der Waals surface area contributed by atoms with Gasteiger partial charge in [-0.3, -0.25) is 0 Å². The maximum Gasteiger partial charge on any atom is 0.338 e. The summed E-state index contributed by atoms with van der Waals surface area (Å²) in [5, 5.41) is 15.2. The van der Waals surface area contributed by atoms with Crippen LogP contribution in [0.2, 0.25) is 0 Å². The minimum absolute atomic E-state index is 0.0360. The molecule has 0 fully saturated rings. The second kappa shape index (κ2) is 7.57. The van der Waals surface area contributed by atoms with Gasteiger partial charge in [0.1, 0.15) is 0 Å². The second-order valence-electron chi connectivity index (χ2n) is 5.07. The van der Waals surface area contributed by atoms with Gasteiger partial charge >= 0.3 is 12.0 Å². The van der Waals surface area contributed by atoms with Crippen molar-refractivity contribution >= 4 is 27.9 Å². The molecule has 0 saturated heterocycles. The van der Waals surface area contributed by atoms with Crippen LogP contribution < -0.4 is 15.4 Å². The van der Waals surface area contributed by atoms with E-state index in [0.717, 1.165) is 0 Å². The fraction of sp³-hybridized carbons (Fsp3) is 0.375. The fourth-order valence-corrected chi connectivity index (χ4v) is 3.02. The number of aromatic hydroxyl groups is 1. The van der Waals surface area contributed by atoms with E-state index >= 15 is 0 Å². The summed E-state index contributed by atoms with van der Waals surface area (Å²) in [5.74, 6) is -0.291. The smallest absolute Gasteiger partial charge is 0.338 e. The summed E-state index contributed by atoms with van der Waals surface area (Å²) in [6, 6.07) is 1.90. The van der Waals surface area contributed by atoms with Crippen LogP contribution in [0, 0.1) is 0 Å². The van der Waals surface area contributed by atoms with Crippen molar-refractivity contribution in [2.24, 2.45) is 0 Å². The average Bonchev–Trinajstić information content (AvgIpc) is 2.49. The van der Waals surface area contributed by atoms with Crippen LogP contribution in [0.4, 0.5) is 4.79 Å². The molecule has 1 unspecified atom stereocenters. The van der Waals surface area contributed by atoms with Gasteiger partial charge in [0, 0.05) is 10.2 Å². The molecule has 8 heteroatoms. The van der Waals surface area contributed by atoms with Crippen molar-refractivity contribution in [3.63, 3.8) is 0 Å². The monoisotopic (exact) mass is 398 g/mol. The van der Waals surface area contributed by atoms with E-state index in [4.69, 9.17) is 9.47 Å². The molecule has 0 saturated carbocycles. The normalized spacial score (nSPS) is 17.2. The van der Waals surface area contributed by atoms with E-state index in [1.807, 2.05) is 0 Å². The molecule has 1 atom stereocenters. The Kier molecular flexibility index (Phi) is 5.71. The molecule has 0 bridgehead atoms. The number of allylic oxidation sites excluding steroid dienone is 1. The Bertz CT molecular complexity index is 702. The van der Waals surface area contributed by atoms with Crippen molar-refractivity contribution < 1.29 is 24.2 Å². The van der Waals surface area contributed by atoms with Crippen LogP contribution in [0.15, 0.2) is 27.9 Å². The summed E-state index contributed by atoms with van der Waals surface area (Å²) < 4.78 is 11.0. The molecule has 1 aromatic rings. The van der Waals surface area contributed by atoms with Crippen molar-refractivity contribution in [1.29, 1.82) is 0 Å². The lowest BCUT2D eigenvalue weighted by Crippen LogP contribution is -2.45. The zero-order valence-corrected chi connectivity index (χ0v) is 15.2. The predicted molar refractivity (Wildman–Crippen MR) is 90.7 cm³/mol. The number of phenolic OH excluding ortho intramolecular Hbond substituents is 1. The van der Waals surface area contributed by atoms with Crippen LogP contribution in [0.25, 0.3) is 0 Å². The molecule has 1 aliphatic rings. The molecule has 0 aromatic heterocycles. The van der Waals surface area contributed by atoms with Gasteiger partial charge in [-0.15, -0.1) is 0 Å². The third kappa shape index (κ3) is 3.64. The molecule has 7 nitrogen and oxygen atoms in total. The molecule has 24 heavy (non-hydrogen) atoms. The van der Waals surface area contributed by atoms with E-state index in [1.165, 1.54) is 6.07 Å². The molecule has 0 spiro atoms. The molecule has 0 aliphatic carbocycles. The summed E-state index contributed by atoms with van der Waals surface area (Å²) in [4.78, 5) is 24.2. The number of esters is 1. The summed E-state index contributed by atoms with van der Waals surface area (Å²) in [6.45, 7) is 5.72. The number of halogens is 1. The van der Waals surface area contributed by atoms with Gasteiger partial charge < -0.3 is 25.2 Å². The number of rotatable bonds is 5. The van der Waals surface area contributed by atoms with Gasteiger partial charge in [-0.1, -0.05) is 15.9 Å². The standard InChI is InChI=1S/C16H19BrN2O5/c1-4-23-12-6-9(10(17)7-11(12)20)14-13(15(21)24-5-2)8(3)18-16(22)19-14/h6-7,14,20H,4-5H2,1-3H3,(H2,18,19,22). The van der Waals surface area contributed by atoms with Crippen molar-refractivity contribution in [3.05, 3.63) is 33.4 Å². The highest BCUT2D eigenvalue weighted by atomic mass is 79.9. The summed E-state index contributed by atoms with van der Waals surface area (Å²) >= 11 is 3.36.